The van der Waals surface area contributed by atoms with Crippen LogP contribution in [0.1, 0.15) is 55.4 Å². The first kappa shape index (κ1) is 24.1. The fourth-order valence-corrected chi connectivity index (χ4v) is 3.83. The second-order valence-electron chi connectivity index (χ2n) is 10.5. The van der Waals surface area contributed by atoms with Crippen molar-refractivity contribution in [3.8, 4) is 0 Å². The lowest BCUT2D eigenvalue weighted by molar-refractivity contribution is 0.252. The van der Waals surface area contributed by atoms with E-state index in [4.69, 9.17) is 8.85 Å². The van der Waals surface area contributed by atoms with Crippen LogP contribution < -0.4 is 0 Å². The van der Waals surface area contributed by atoms with Crippen molar-refractivity contribution < 1.29 is 8.85 Å². The molecule has 0 aliphatic rings. The molecule has 0 saturated heterocycles. The van der Waals surface area contributed by atoms with Crippen molar-refractivity contribution in [2.45, 2.75) is 91.7 Å². The first-order valence-corrected chi connectivity index (χ1v) is 15.3. The Hall–Kier alpha value is 0.0938. The van der Waals surface area contributed by atoms with Crippen LogP contribution in [-0.4, -0.2) is 29.8 Å². The maximum absolute atomic E-state index is 6.31. The molecule has 0 fully saturated rings. The van der Waals surface area contributed by atoms with Gasteiger partial charge >= 0.3 is 0 Å². The molecule has 4 heteroatoms. The van der Waals surface area contributed by atoms with E-state index in [1.54, 1.807) is 0 Å². The van der Waals surface area contributed by atoms with Crippen LogP contribution in [0.2, 0.25) is 36.3 Å². The predicted molar refractivity (Wildman–Crippen MR) is 114 cm³/mol. The van der Waals surface area contributed by atoms with E-state index in [0.717, 1.165) is 13.2 Å². The molecule has 0 aliphatic carbocycles. The molecule has 0 spiro atoms. The molecular weight excluding hydrogens is 328 g/mol. The Kier molecular flexibility index (Phi) is 8.69. The number of hydrogen-bond acceptors (Lipinski definition) is 2. The molecule has 0 heterocycles. The van der Waals surface area contributed by atoms with E-state index in [2.05, 4.69) is 93.7 Å². The van der Waals surface area contributed by atoms with Gasteiger partial charge in [-0.15, -0.1) is 0 Å². The summed E-state index contributed by atoms with van der Waals surface area (Å²) in [4.78, 5) is 0. The van der Waals surface area contributed by atoms with E-state index >= 15 is 0 Å². The Morgan fingerprint density at radius 2 is 0.917 bits per heavy atom. The van der Waals surface area contributed by atoms with E-state index in [-0.39, 0.29) is 10.1 Å². The van der Waals surface area contributed by atoms with Crippen molar-refractivity contribution in [3.63, 3.8) is 0 Å². The lowest BCUT2D eigenvalue weighted by Gasteiger charge is -2.37. The summed E-state index contributed by atoms with van der Waals surface area (Å²) in [5.41, 5.74) is 0. The maximum atomic E-state index is 6.31. The largest absolute Gasteiger partial charge is 0.416 e. The Balaban J connectivity index is 4.39. The smallest absolute Gasteiger partial charge is 0.192 e. The second-order valence-corrected chi connectivity index (χ2v) is 20.1. The van der Waals surface area contributed by atoms with Crippen LogP contribution >= 0.6 is 0 Å². The summed E-state index contributed by atoms with van der Waals surface area (Å²) in [6.07, 6.45) is 4.60. The van der Waals surface area contributed by atoms with Crippen LogP contribution in [0.25, 0.3) is 0 Å². The summed E-state index contributed by atoms with van der Waals surface area (Å²) >= 11 is 0. The van der Waals surface area contributed by atoms with Crippen LogP contribution in [0.3, 0.4) is 0 Å². The lowest BCUT2D eigenvalue weighted by atomic mass is 10.1. The van der Waals surface area contributed by atoms with Crippen molar-refractivity contribution in [1.82, 2.24) is 0 Å². The van der Waals surface area contributed by atoms with Gasteiger partial charge in [0.1, 0.15) is 0 Å². The molecule has 0 aromatic carbocycles. The zero-order valence-electron chi connectivity index (χ0n) is 18.5. The molecule has 2 nitrogen and oxygen atoms in total. The SMILES string of the molecule is C[C@@H](/C=C/[C@H](C)CO[Si](C)(C)C(C)(C)C)CO[Si](C)(C)C(C)(C)C. The third kappa shape index (κ3) is 7.98. The lowest BCUT2D eigenvalue weighted by Crippen LogP contribution is -2.41. The van der Waals surface area contributed by atoms with Gasteiger partial charge in [-0.25, -0.2) is 0 Å². The van der Waals surface area contributed by atoms with Gasteiger partial charge in [0.05, 0.1) is 0 Å². The molecule has 0 unspecified atom stereocenters. The summed E-state index contributed by atoms with van der Waals surface area (Å²) in [5, 5.41) is 0.557. The highest BCUT2D eigenvalue weighted by Crippen LogP contribution is 2.37. The Morgan fingerprint density at radius 1 is 0.667 bits per heavy atom. The van der Waals surface area contributed by atoms with Gasteiger partial charge in [0.15, 0.2) is 16.6 Å². The first-order chi connectivity index (χ1) is 10.5. The van der Waals surface area contributed by atoms with Gasteiger partial charge < -0.3 is 8.85 Å². The quantitative estimate of drug-likeness (QED) is 0.342. The highest BCUT2D eigenvalue weighted by Gasteiger charge is 2.38. The normalized spacial score (nSPS) is 17.3. The van der Waals surface area contributed by atoms with Gasteiger partial charge in [0.25, 0.3) is 0 Å². The average Bonchev–Trinajstić information content (AvgIpc) is 2.38. The zero-order chi connectivity index (χ0) is 19.4. The molecule has 0 saturated carbocycles. The third-order valence-electron chi connectivity index (χ3n) is 5.79. The molecule has 24 heavy (non-hydrogen) atoms. The summed E-state index contributed by atoms with van der Waals surface area (Å²) in [5.74, 6) is 0.906. The molecular formula is C20H44O2Si2. The molecule has 0 bridgehead atoms. The standard InChI is InChI=1S/C20H44O2Si2/c1-17(15-21-23(9,10)19(3,4)5)13-14-18(2)16-22-24(11,12)20(6,7)8/h13-14,17-18H,15-16H2,1-12H3/b14-13+/t17-,18-/m0/s1. The average molecular weight is 373 g/mol. The molecule has 0 radical (unpaired) electrons. The zero-order valence-corrected chi connectivity index (χ0v) is 20.5. The maximum Gasteiger partial charge on any atom is 0.192 e. The molecule has 0 N–H and O–H groups in total. The van der Waals surface area contributed by atoms with Crippen molar-refractivity contribution in [1.29, 1.82) is 0 Å². The topological polar surface area (TPSA) is 18.5 Å². The van der Waals surface area contributed by atoms with Crippen LogP contribution in [0.5, 0.6) is 0 Å². The summed E-state index contributed by atoms with van der Waals surface area (Å²) in [7, 11) is -3.28. The molecule has 2 atom stereocenters. The van der Waals surface area contributed by atoms with E-state index < -0.39 is 16.6 Å². The van der Waals surface area contributed by atoms with E-state index in [1.807, 2.05) is 0 Å². The molecule has 0 aromatic heterocycles. The Bertz CT molecular complexity index is 363. The van der Waals surface area contributed by atoms with E-state index in [0.29, 0.717) is 11.8 Å². The minimum absolute atomic E-state index is 0.279. The summed E-state index contributed by atoms with van der Waals surface area (Å²) < 4.78 is 12.6. The van der Waals surface area contributed by atoms with Crippen molar-refractivity contribution in [2.75, 3.05) is 13.2 Å². The van der Waals surface area contributed by atoms with E-state index in [9.17, 15) is 0 Å². The second kappa shape index (κ2) is 8.65. The van der Waals surface area contributed by atoms with Crippen LogP contribution in [0.4, 0.5) is 0 Å². The Morgan fingerprint density at radius 3 is 1.12 bits per heavy atom. The van der Waals surface area contributed by atoms with E-state index in [1.165, 1.54) is 0 Å². The number of hydrogen-bond donors (Lipinski definition) is 0. The van der Waals surface area contributed by atoms with Gasteiger partial charge in [-0.05, 0) is 48.1 Å². The number of rotatable bonds is 8. The van der Waals surface area contributed by atoms with Crippen LogP contribution in [0, 0.1) is 11.8 Å². The van der Waals surface area contributed by atoms with Gasteiger partial charge in [-0.1, -0.05) is 67.5 Å². The van der Waals surface area contributed by atoms with Crippen LogP contribution in [-0.2, 0) is 8.85 Å². The molecule has 0 aromatic rings. The minimum atomic E-state index is -1.64. The van der Waals surface area contributed by atoms with Gasteiger partial charge in [0, 0.05) is 13.2 Å². The molecule has 0 aliphatic heterocycles. The molecule has 0 amide bonds. The first-order valence-electron chi connectivity index (χ1n) is 9.46. The monoisotopic (exact) mass is 372 g/mol. The summed E-state index contributed by atoms with van der Waals surface area (Å²) in [6, 6.07) is 0. The van der Waals surface area contributed by atoms with Crippen molar-refractivity contribution in [3.05, 3.63) is 12.2 Å². The van der Waals surface area contributed by atoms with Gasteiger partial charge in [-0.2, -0.15) is 0 Å². The molecule has 0 rings (SSSR count). The minimum Gasteiger partial charge on any atom is -0.416 e. The van der Waals surface area contributed by atoms with Gasteiger partial charge in [0.2, 0.25) is 0 Å². The van der Waals surface area contributed by atoms with Crippen molar-refractivity contribution >= 4 is 16.6 Å². The highest BCUT2D eigenvalue weighted by molar-refractivity contribution is 6.74. The highest BCUT2D eigenvalue weighted by atomic mass is 28.4. The van der Waals surface area contributed by atoms with Crippen molar-refractivity contribution in [2.24, 2.45) is 11.8 Å². The fourth-order valence-electron chi connectivity index (χ4n) is 1.60. The Labute approximate surface area is 154 Å². The van der Waals surface area contributed by atoms with Gasteiger partial charge in [-0.3, -0.25) is 0 Å². The molecule has 144 valence electrons. The van der Waals surface area contributed by atoms with Crippen LogP contribution in [0.15, 0.2) is 12.2 Å². The summed E-state index contributed by atoms with van der Waals surface area (Å²) in [6.45, 7) is 29.2. The predicted octanol–water partition coefficient (Wildman–Crippen LogP) is 6.86. The fraction of sp³-hybridized carbons (Fsp3) is 0.900. The third-order valence-corrected chi connectivity index (χ3v) is 14.8.